The largest absolute Gasteiger partial charge is 0.352 e. The Labute approximate surface area is 90.1 Å². The third-order valence-corrected chi connectivity index (χ3v) is 2.74. The molecule has 0 radical (unpaired) electrons. The highest BCUT2D eigenvalue weighted by Gasteiger charge is 2.27. The molecule has 0 unspecified atom stereocenters. The summed E-state index contributed by atoms with van der Waals surface area (Å²) in [6, 6.07) is 5.41. The second-order valence-electron chi connectivity index (χ2n) is 3.14. The summed E-state index contributed by atoms with van der Waals surface area (Å²) in [5.41, 5.74) is 1.42. The Balaban J connectivity index is 2.46. The number of halogens is 2. The molecular weight excluding hydrogens is 251 g/mol. The predicted molar refractivity (Wildman–Crippen MR) is 53.7 cm³/mol. The van der Waals surface area contributed by atoms with Gasteiger partial charge in [0.2, 0.25) is 0 Å². The van der Waals surface area contributed by atoms with E-state index >= 15 is 0 Å². The van der Waals surface area contributed by atoms with Crippen molar-refractivity contribution >= 4 is 15.9 Å². The summed E-state index contributed by atoms with van der Waals surface area (Å²) < 4.78 is 24.6. The molecule has 0 amide bonds. The molecule has 1 aliphatic rings. The Bertz CT molecular complexity index is 343. The van der Waals surface area contributed by atoms with Crippen molar-refractivity contribution in [2.75, 3.05) is 13.7 Å². The predicted octanol–water partition coefficient (Wildman–Crippen LogP) is 3.13. The number of methoxy groups -OCH3 is 1. The van der Waals surface area contributed by atoms with Crippen molar-refractivity contribution in [3.63, 3.8) is 0 Å². The third kappa shape index (κ3) is 1.69. The number of benzene rings is 1. The van der Waals surface area contributed by atoms with Gasteiger partial charge in [-0.15, -0.1) is 0 Å². The summed E-state index contributed by atoms with van der Waals surface area (Å²) in [7, 11) is 1.55. The van der Waals surface area contributed by atoms with Gasteiger partial charge in [0.25, 0.3) is 0 Å². The third-order valence-electron chi connectivity index (χ3n) is 2.25. The smallest absolute Gasteiger partial charge is 0.184 e. The SMILES string of the molecule is CO[C@@H]1OC[C@@H](F)c2ccc(Br)cc21. The molecule has 2 atom stereocenters. The zero-order chi connectivity index (χ0) is 10.1. The molecular formula is C10H10BrFO2. The van der Waals surface area contributed by atoms with Crippen molar-refractivity contribution in [2.45, 2.75) is 12.5 Å². The van der Waals surface area contributed by atoms with Crippen LogP contribution in [-0.4, -0.2) is 13.7 Å². The average molecular weight is 261 g/mol. The first kappa shape index (κ1) is 10.1. The van der Waals surface area contributed by atoms with Gasteiger partial charge in [-0.25, -0.2) is 4.39 Å². The van der Waals surface area contributed by atoms with E-state index in [1.165, 1.54) is 0 Å². The fourth-order valence-corrected chi connectivity index (χ4v) is 1.96. The molecule has 0 fully saturated rings. The highest BCUT2D eigenvalue weighted by Crippen LogP contribution is 2.36. The van der Waals surface area contributed by atoms with Gasteiger partial charge in [-0.1, -0.05) is 22.0 Å². The number of rotatable bonds is 1. The van der Waals surface area contributed by atoms with Crippen LogP contribution < -0.4 is 0 Å². The topological polar surface area (TPSA) is 18.5 Å². The van der Waals surface area contributed by atoms with Crippen molar-refractivity contribution in [1.29, 1.82) is 0 Å². The molecule has 2 nitrogen and oxygen atoms in total. The van der Waals surface area contributed by atoms with Gasteiger partial charge in [0, 0.05) is 17.1 Å². The Morgan fingerprint density at radius 3 is 3.00 bits per heavy atom. The number of hydrogen-bond donors (Lipinski definition) is 0. The van der Waals surface area contributed by atoms with Gasteiger partial charge < -0.3 is 9.47 Å². The molecule has 1 aliphatic heterocycles. The van der Waals surface area contributed by atoms with E-state index in [1.54, 1.807) is 13.2 Å². The molecule has 14 heavy (non-hydrogen) atoms. The molecule has 0 spiro atoms. The van der Waals surface area contributed by atoms with Crippen molar-refractivity contribution in [3.05, 3.63) is 33.8 Å². The zero-order valence-electron chi connectivity index (χ0n) is 7.67. The van der Waals surface area contributed by atoms with Crippen LogP contribution in [0.3, 0.4) is 0 Å². The Kier molecular flexibility index (Phi) is 2.85. The molecule has 0 aromatic heterocycles. The van der Waals surface area contributed by atoms with Gasteiger partial charge in [-0.2, -0.15) is 0 Å². The fourth-order valence-electron chi connectivity index (χ4n) is 1.58. The molecule has 0 N–H and O–H groups in total. The maximum absolute atomic E-state index is 13.4. The van der Waals surface area contributed by atoms with E-state index in [1.807, 2.05) is 12.1 Å². The molecule has 0 bridgehead atoms. The first-order chi connectivity index (χ1) is 6.72. The molecule has 4 heteroatoms. The van der Waals surface area contributed by atoms with Gasteiger partial charge in [0.1, 0.15) is 6.17 Å². The van der Waals surface area contributed by atoms with Crippen molar-refractivity contribution in [2.24, 2.45) is 0 Å². The quantitative estimate of drug-likeness (QED) is 0.773. The van der Waals surface area contributed by atoms with Crippen molar-refractivity contribution in [1.82, 2.24) is 0 Å². The van der Waals surface area contributed by atoms with Crippen LogP contribution >= 0.6 is 15.9 Å². The lowest BCUT2D eigenvalue weighted by atomic mass is 10.0. The Morgan fingerprint density at radius 2 is 2.29 bits per heavy atom. The minimum absolute atomic E-state index is 0.0626. The number of alkyl halides is 1. The van der Waals surface area contributed by atoms with E-state index in [-0.39, 0.29) is 6.61 Å². The van der Waals surface area contributed by atoms with Crippen LogP contribution in [0.15, 0.2) is 22.7 Å². The second kappa shape index (κ2) is 3.96. The number of hydrogen-bond acceptors (Lipinski definition) is 2. The maximum Gasteiger partial charge on any atom is 0.184 e. The van der Waals surface area contributed by atoms with E-state index in [4.69, 9.17) is 9.47 Å². The minimum Gasteiger partial charge on any atom is -0.352 e. The lowest BCUT2D eigenvalue weighted by Crippen LogP contribution is -2.19. The monoisotopic (exact) mass is 260 g/mol. The second-order valence-corrected chi connectivity index (χ2v) is 4.06. The number of fused-ring (bicyclic) bond motifs is 1. The molecule has 1 heterocycles. The summed E-state index contributed by atoms with van der Waals surface area (Å²) in [5.74, 6) is 0. The van der Waals surface area contributed by atoms with Crippen LogP contribution in [0, 0.1) is 0 Å². The van der Waals surface area contributed by atoms with Crippen LogP contribution in [0.2, 0.25) is 0 Å². The molecule has 2 rings (SSSR count). The summed E-state index contributed by atoms with van der Waals surface area (Å²) in [6.45, 7) is 0.0626. The average Bonchev–Trinajstić information content (AvgIpc) is 2.18. The van der Waals surface area contributed by atoms with Crippen LogP contribution in [0.4, 0.5) is 4.39 Å². The summed E-state index contributed by atoms with van der Waals surface area (Å²) in [6.07, 6.45) is -1.50. The van der Waals surface area contributed by atoms with Gasteiger partial charge in [0.15, 0.2) is 6.29 Å². The van der Waals surface area contributed by atoms with Gasteiger partial charge >= 0.3 is 0 Å². The van der Waals surface area contributed by atoms with Crippen LogP contribution in [-0.2, 0) is 9.47 Å². The van der Waals surface area contributed by atoms with E-state index in [2.05, 4.69) is 15.9 Å². The lowest BCUT2D eigenvalue weighted by Gasteiger charge is -2.27. The summed E-state index contributed by atoms with van der Waals surface area (Å²) in [5, 5.41) is 0. The first-order valence-corrected chi connectivity index (χ1v) is 5.09. The first-order valence-electron chi connectivity index (χ1n) is 4.30. The van der Waals surface area contributed by atoms with Crippen LogP contribution in [0.5, 0.6) is 0 Å². The highest BCUT2D eigenvalue weighted by molar-refractivity contribution is 9.10. The Hall–Kier alpha value is -0.450. The molecule has 0 saturated carbocycles. The van der Waals surface area contributed by atoms with E-state index in [0.717, 1.165) is 10.0 Å². The molecule has 0 aliphatic carbocycles. The van der Waals surface area contributed by atoms with E-state index < -0.39 is 12.5 Å². The maximum atomic E-state index is 13.4. The van der Waals surface area contributed by atoms with Gasteiger partial charge in [0.05, 0.1) is 6.61 Å². The Morgan fingerprint density at radius 1 is 1.50 bits per heavy atom. The molecule has 1 aromatic carbocycles. The van der Waals surface area contributed by atoms with E-state index in [0.29, 0.717) is 5.56 Å². The highest BCUT2D eigenvalue weighted by atomic mass is 79.9. The van der Waals surface area contributed by atoms with Gasteiger partial charge in [-0.3, -0.25) is 0 Å². The summed E-state index contributed by atoms with van der Waals surface area (Å²) >= 11 is 3.33. The molecule has 0 saturated heterocycles. The fraction of sp³-hybridized carbons (Fsp3) is 0.400. The van der Waals surface area contributed by atoms with Crippen molar-refractivity contribution in [3.8, 4) is 0 Å². The van der Waals surface area contributed by atoms with Crippen molar-refractivity contribution < 1.29 is 13.9 Å². The zero-order valence-corrected chi connectivity index (χ0v) is 9.25. The van der Waals surface area contributed by atoms with Crippen LogP contribution in [0.1, 0.15) is 23.6 Å². The standard InChI is InChI=1S/C10H10BrFO2/c1-13-10-8-4-6(11)2-3-7(8)9(12)5-14-10/h2-4,9-10H,5H2,1H3/t9-,10-/m1/s1. The number of ether oxygens (including phenoxy) is 2. The minimum atomic E-state index is -1.05. The van der Waals surface area contributed by atoms with Gasteiger partial charge in [-0.05, 0) is 17.7 Å². The molecule has 1 aromatic rings. The summed E-state index contributed by atoms with van der Waals surface area (Å²) in [4.78, 5) is 0. The lowest BCUT2D eigenvalue weighted by molar-refractivity contribution is -0.150. The van der Waals surface area contributed by atoms with Crippen LogP contribution in [0.25, 0.3) is 0 Å². The van der Waals surface area contributed by atoms with E-state index in [9.17, 15) is 4.39 Å². The normalized spacial score (nSPS) is 25.9. The molecule has 76 valence electrons.